The van der Waals surface area contributed by atoms with Crippen LogP contribution in [0.25, 0.3) is 0 Å². The number of aldehydes is 1. The van der Waals surface area contributed by atoms with E-state index >= 15 is 0 Å². The molecule has 0 spiro atoms. The highest BCUT2D eigenvalue weighted by atomic mass is 16.2. The zero-order valence-electron chi connectivity index (χ0n) is 10.1. The fourth-order valence-electron chi connectivity index (χ4n) is 2.53. The van der Waals surface area contributed by atoms with Crippen molar-refractivity contribution in [3.8, 4) is 0 Å². The summed E-state index contributed by atoms with van der Waals surface area (Å²) in [6.07, 6.45) is 6.28. The van der Waals surface area contributed by atoms with Gasteiger partial charge in [0.1, 0.15) is 6.29 Å². The summed E-state index contributed by atoms with van der Waals surface area (Å²) in [4.78, 5) is 24.3. The van der Waals surface area contributed by atoms with E-state index in [1.807, 2.05) is 0 Å². The lowest BCUT2D eigenvalue weighted by Gasteiger charge is -2.28. The third-order valence-corrected chi connectivity index (χ3v) is 3.60. The highest BCUT2D eigenvalue weighted by Crippen LogP contribution is 2.43. The van der Waals surface area contributed by atoms with Crippen LogP contribution in [0.5, 0.6) is 0 Å². The minimum atomic E-state index is -0.0539. The lowest BCUT2D eigenvalue weighted by Crippen LogP contribution is -2.35. The van der Waals surface area contributed by atoms with Crippen LogP contribution in [0.1, 0.15) is 38.5 Å². The van der Waals surface area contributed by atoms with E-state index in [4.69, 9.17) is 5.73 Å². The lowest BCUT2D eigenvalue weighted by molar-refractivity contribution is -0.132. The topological polar surface area (TPSA) is 63.4 Å². The molecule has 1 amide bonds. The zero-order chi connectivity index (χ0) is 12.0. The van der Waals surface area contributed by atoms with Gasteiger partial charge in [0.15, 0.2) is 0 Å². The normalized spacial score (nSPS) is 18.4. The molecule has 4 heteroatoms. The van der Waals surface area contributed by atoms with Gasteiger partial charge in [-0.25, -0.2) is 0 Å². The maximum Gasteiger partial charge on any atom is 0.222 e. The highest BCUT2D eigenvalue weighted by Gasteiger charge is 2.36. The Balaban J connectivity index is 2.54. The van der Waals surface area contributed by atoms with E-state index in [-0.39, 0.29) is 11.3 Å². The minimum Gasteiger partial charge on any atom is -0.344 e. The molecule has 0 aliphatic heterocycles. The second-order valence-corrected chi connectivity index (χ2v) is 4.86. The molecule has 16 heavy (non-hydrogen) atoms. The van der Waals surface area contributed by atoms with Gasteiger partial charge in [0.25, 0.3) is 0 Å². The predicted molar refractivity (Wildman–Crippen MR) is 62.9 cm³/mol. The maximum atomic E-state index is 11.9. The molecule has 0 radical (unpaired) electrons. The fourth-order valence-corrected chi connectivity index (χ4v) is 2.53. The van der Waals surface area contributed by atoms with Crippen LogP contribution in [0.15, 0.2) is 0 Å². The van der Waals surface area contributed by atoms with E-state index in [1.165, 1.54) is 0 Å². The van der Waals surface area contributed by atoms with Crippen LogP contribution in [0.2, 0.25) is 0 Å². The molecule has 0 saturated heterocycles. The molecule has 0 unspecified atom stereocenters. The number of carbonyl (C=O) groups is 2. The summed E-state index contributed by atoms with van der Waals surface area (Å²) in [5.74, 6) is 0.120. The van der Waals surface area contributed by atoms with Crippen LogP contribution >= 0.6 is 0 Å². The van der Waals surface area contributed by atoms with Crippen molar-refractivity contribution >= 4 is 12.2 Å². The Morgan fingerprint density at radius 1 is 1.44 bits per heavy atom. The van der Waals surface area contributed by atoms with E-state index in [9.17, 15) is 9.59 Å². The zero-order valence-corrected chi connectivity index (χ0v) is 10.1. The number of likely N-dealkylation sites (N-methyl/N-ethyl adjacent to an activating group) is 1. The summed E-state index contributed by atoms with van der Waals surface area (Å²) in [6, 6.07) is 0. The van der Waals surface area contributed by atoms with Crippen molar-refractivity contribution in [1.29, 1.82) is 0 Å². The van der Waals surface area contributed by atoms with Gasteiger partial charge < -0.3 is 15.4 Å². The Kier molecular flexibility index (Phi) is 4.93. The SMILES string of the molecule is CN(CCN)C(=O)CC1(CC=O)CCCC1. The van der Waals surface area contributed by atoms with Gasteiger partial charge in [0.2, 0.25) is 5.91 Å². The largest absolute Gasteiger partial charge is 0.344 e. The van der Waals surface area contributed by atoms with E-state index in [0.717, 1.165) is 32.0 Å². The molecule has 1 aliphatic rings. The average Bonchev–Trinajstić information content (AvgIpc) is 2.67. The highest BCUT2D eigenvalue weighted by molar-refractivity contribution is 5.77. The molecular formula is C12H22N2O2. The van der Waals surface area contributed by atoms with Crippen molar-refractivity contribution < 1.29 is 9.59 Å². The number of rotatable bonds is 6. The van der Waals surface area contributed by atoms with Crippen molar-refractivity contribution in [2.24, 2.45) is 11.1 Å². The second-order valence-electron chi connectivity index (χ2n) is 4.86. The first kappa shape index (κ1) is 13.2. The van der Waals surface area contributed by atoms with E-state index < -0.39 is 0 Å². The Morgan fingerprint density at radius 2 is 2.06 bits per heavy atom. The van der Waals surface area contributed by atoms with Gasteiger partial charge in [0.05, 0.1) is 0 Å². The quantitative estimate of drug-likeness (QED) is 0.686. The third kappa shape index (κ3) is 3.30. The summed E-state index contributed by atoms with van der Waals surface area (Å²) in [5.41, 5.74) is 5.36. The number of hydrogen-bond donors (Lipinski definition) is 1. The van der Waals surface area contributed by atoms with Gasteiger partial charge in [-0.15, -0.1) is 0 Å². The second kappa shape index (κ2) is 5.99. The van der Waals surface area contributed by atoms with Crippen molar-refractivity contribution in [2.45, 2.75) is 38.5 Å². The van der Waals surface area contributed by atoms with Crippen LogP contribution in [-0.2, 0) is 9.59 Å². The van der Waals surface area contributed by atoms with Crippen LogP contribution in [0, 0.1) is 5.41 Å². The molecule has 2 N–H and O–H groups in total. The van der Waals surface area contributed by atoms with E-state index in [0.29, 0.717) is 25.9 Å². The number of nitrogens with two attached hydrogens (primary N) is 1. The Morgan fingerprint density at radius 3 is 2.56 bits per heavy atom. The Hall–Kier alpha value is -0.900. The van der Waals surface area contributed by atoms with E-state index in [2.05, 4.69) is 0 Å². The van der Waals surface area contributed by atoms with Gasteiger partial charge in [0, 0.05) is 33.0 Å². The van der Waals surface area contributed by atoms with Gasteiger partial charge in [-0.2, -0.15) is 0 Å². The maximum absolute atomic E-state index is 11.9. The molecule has 0 aromatic heterocycles. The summed E-state index contributed by atoms with van der Waals surface area (Å²) in [6.45, 7) is 1.08. The summed E-state index contributed by atoms with van der Waals surface area (Å²) in [5, 5.41) is 0. The van der Waals surface area contributed by atoms with Gasteiger partial charge >= 0.3 is 0 Å². The monoisotopic (exact) mass is 226 g/mol. The lowest BCUT2D eigenvalue weighted by atomic mass is 9.79. The molecule has 1 fully saturated rings. The van der Waals surface area contributed by atoms with Crippen molar-refractivity contribution in [2.75, 3.05) is 20.1 Å². The van der Waals surface area contributed by atoms with Gasteiger partial charge in [-0.05, 0) is 18.3 Å². The molecule has 4 nitrogen and oxygen atoms in total. The first-order valence-corrected chi connectivity index (χ1v) is 6.01. The molecule has 0 aromatic rings. The van der Waals surface area contributed by atoms with Crippen LogP contribution in [0.4, 0.5) is 0 Å². The molecule has 0 heterocycles. The van der Waals surface area contributed by atoms with Crippen molar-refractivity contribution in [3.05, 3.63) is 0 Å². The summed E-state index contributed by atoms with van der Waals surface area (Å²) < 4.78 is 0. The molecule has 1 rings (SSSR count). The summed E-state index contributed by atoms with van der Waals surface area (Å²) >= 11 is 0. The molecular weight excluding hydrogens is 204 g/mol. The molecule has 0 aromatic carbocycles. The molecule has 1 aliphatic carbocycles. The number of nitrogens with zero attached hydrogens (tertiary/aromatic N) is 1. The molecule has 0 bridgehead atoms. The third-order valence-electron chi connectivity index (χ3n) is 3.60. The van der Waals surface area contributed by atoms with Crippen LogP contribution < -0.4 is 5.73 Å². The molecule has 0 atom stereocenters. The predicted octanol–water partition coefficient (Wildman–Crippen LogP) is 0.943. The number of hydrogen-bond acceptors (Lipinski definition) is 3. The summed E-state index contributed by atoms with van der Waals surface area (Å²) in [7, 11) is 1.78. The number of amides is 1. The van der Waals surface area contributed by atoms with Crippen molar-refractivity contribution in [1.82, 2.24) is 4.90 Å². The van der Waals surface area contributed by atoms with Crippen LogP contribution in [0.3, 0.4) is 0 Å². The van der Waals surface area contributed by atoms with E-state index in [1.54, 1.807) is 11.9 Å². The molecule has 92 valence electrons. The fraction of sp³-hybridized carbons (Fsp3) is 0.833. The van der Waals surface area contributed by atoms with Gasteiger partial charge in [-0.3, -0.25) is 4.79 Å². The first-order valence-electron chi connectivity index (χ1n) is 6.01. The first-order chi connectivity index (χ1) is 7.63. The Labute approximate surface area is 97.2 Å². The smallest absolute Gasteiger partial charge is 0.222 e. The minimum absolute atomic E-state index is 0.0539. The standard InChI is InChI=1S/C12H22N2O2/c1-14(8-7-13)11(16)10-12(6-9-15)4-2-3-5-12/h9H,2-8,10,13H2,1H3. The van der Waals surface area contributed by atoms with Crippen LogP contribution in [-0.4, -0.2) is 37.2 Å². The van der Waals surface area contributed by atoms with Gasteiger partial charge in [-0.1, -0.05) is 12.8 Å². The average molecular weight is 226 g/mol. The number of carbonyl (C=O) groups excluding carboxylic acids is 2. The Bertz CT molecular complexity index is 247. The molecule has 1 saturated carbocycles. The van der Waals surface area contributed by atoms with Crippen molar-refractivity contribution in [3.63, 3.8) is 0 Å².